The molecule has 0 rings (SSSR count). The average Bonchev–Trinajstić information content (AvgIpc) is 0.722. The van der Waals surface area contributed by atoms with Gasteiger partial charge < -0.3 is 0 Å². The van der Waals surface area contributed by atoms with Crippen LogP contribution in [0.2, 0.25) is 13.1 Å². The first-order chi connectivity index (χ1) is 2.00. The molecule has 0 aromatic heterocycles. The van der Waals surface area contributed by atoms with Crippen molar-refractivity contribution >= 4 is 8.74 Å². The highest BCUT2D eigenvalue weighted by Gasteiger charge is 2.16. The molecule has 0 aromatic rings. The molecule has 0 fully saturated rings. The van der Waals surface area contributed by atoms with Gasteiger partial charge in [-0.05, 0) is 13.1 Å². The smallest absolute Gasteiger partial charge is 0.271 e. The molecule has 0 radical (unpaired) electrons. The maximum absolute atomic E-state index is 11.2. The summed E-state index contributed by atoms with van der Waals surface area (Å²) >= 11 is 0. The predicted molar refractivity (Wildman–Crippen MR) is 19.7 cm³/mol. The maximum atomic E-state index is 11.2. The lowest BCUT2D eigenvalue weighted by atomic mass is 11.9. The zero-order chi connectivity index (χ0) is 4.50. The number of halogens is 2. The quantitative estimate of drug-likeness (QED) is 0.317. The lowest BCUT2D eigenvalue weighted by Crippen LogP contribution is -2.06. The fourth-order valence-electron chi connectivity index (χ4n) is 0. The van der Waals surface area contributed by atoms with Gasteiger partial charge in [0.1, 0.15) is 0 Å². The van der Waals surface area contributed by atoms with E-state index in [1.165, 1.54) is 0 Å². The van der Waals surface area contributed by atoms with Gasteiger partial charge in [-0.15, -0.1) is 0 Å². The van der Waals surface area contributed by atoms with E-state index >= 15 is 0 Å². The van der Waals surface area contributed by atoms with Gasteiger partial charge in [-0.1, -0.05) is 0 Å². The normalized spacial score (nSPS) is 12.0. The molecule has 0 aliphatic rings. The molecule has 5 heavy (non-hydrogen) atoms. The van der Waals surface area contributed by atoms with Crippen molar-refractivity contribution in [2.75, 3.05) is 0 Å². The summed E-state index contributed by atoms with van der Waals surface area (Å²) in [4.78, 5) is 0. The van der Waals surface area contributed by atoms with Crippen LogP contribution in [0.5, 0.6) is 0 Å². The molecule has 0 saturated carbocycles. The topological polar surface area (TPSA) is 0 Å². The van der Waals surface area contributed by atoms with Gasteiger partial charge in [0, 0.05) is 0 Å². The molecule has 0 saturated heterocycles. The van der Waals surface area contributed by atoms with E-state index in [1.807, 2.05) is 0 Å². The number of hydrogen-bond acceptors (Lipinski definition) is 0. The summed E-state index contributed by atoms with van der Waals surface area (Å²) in [6.45, 7) is 1.99. The van der Waals surface area contributed by atoms with Crippen LogP contribution in [0.25, 0.3) is 0 Å². The SMILES string of the molecule is C[Si](C)(F)F. The largest absolute Gasteiger partial charge is 0.419 e. The van der Waals surface area contributed by atoms with Crippen molar-refractivity contribution in [2.45, 2.75) is 13.1 Å². The van der Waals surface area contributed by atoms with E-state index < -0.39 is 8.74 Å². The molecule has 3 heteroatoms. The third kappa shape index (κ3) is 2980. The summed E-state index contributed by atoms with van der Waals surface area (Å²) in [5.41, 5.74) is 0. The molecule has 0 unspecified atom stereocenters. The molecule has 0 atom stereocenters. The molecule has 0 heterocycles. The zero-order valence-electron chi connectivity index (χ0n) is 3.26. The van der Waals surface area contributed by atoms with Crippen LogP contribution in [0.3, 0.4) is 0 Å². The molecule has 0 aliphatic carbocycles. The predicted octanol–water partition coefficient (Wildman–Crippen LogP) is 1.63. The van der Waals surface area contributed by atoms with Crippen LogP contribution in [0.15, 0.2) is 0 Å². The zero-order valence-corrected chi connectivity index (χ0v) is 4.26. The van der Waals surface area contributed by atoms with E-state index in [2.05, 4.69) is 0 Å². The summed E-state index contributed by atoms with van der Waals surface area (Å²) < 4.78 is 22.3. The summed E-state index contributed by atoms with van der Waals surface area (Å²) in [5, 5.41) is 0. The van der Waals surface area contributed by atoms with Gasteiger partial charge in [0.25, 0.3) is 0 Å². The van der Waals surface area contributed by atoms with Gasteiger partial charge in [0.05, 0.1) is 0 Å². The van der Waals surface area contributed by atoms with Crippen molar-refractivity contribution in [2.24, 2.45) is 0 Å². The van der Waals surface area contributed by atoms with Crippen molar-refractivity contribution in [1.29, 1.82) is 0 Å². The van der Waals surface area contributed by atoms with Crippen LogP contribution in [0.1, 0.15) is 0 Å². The third-order valence-electron chi connectivity index (χ3n) is 0. The van der Waals surface area contributed by atoms with Crippen molar-refractivity contribution in [3.63, 3.8) is 0 Å². The molecule has 0 bridgehead atoms. The Morgan fingerprint density at radius 1 is 1.20 bits per heavy atom. The third-order valence-corrected chi connectivity index (χ3v) is 0. The lowest BCUT2D eigenvalue weighted by Gasteiger charge is -1.89. The maximum Gasteiger partial charge on any atom is 0.419 e. The van der Waals surface area contributed by atoms with Crippen LogP contribution < -0.4 is 0 Å². The molecule has 0 aromatic carbocycles. The van der Waals surface area contributed by atoms with E-state index in [1.54, 1.807) is 0 Å². The van der Waals surface area contributed by atoms with Crippen LogP contribution in [0.4, 0.5) is 8.22 Å². The molecule has 0 amide bonds. The minimum atomic E-state index is -3.61. The first kappa shape index (κ1) is 5.08. The van der Waals surface area contributed by atoms with E-state index in [0.717, 1.165) is 13.1 Å². The molecular weight excluding hydrogens is 90.1 g/mol. The van der Waals surface area contributed by atoms with Gasteiger partial charge in [-0.2, -0.15) is 0 Å². The van der Waals surface area contributed by atoms with Gasteiger partial charge in [-0.3, -0.25) is 8.22 Å². The highest BCUT2D eigenvalue weighted by molar-refractivity contribution is 6.63. The minimum Gasteiger partial charge on any atom is -0.271 e. The fourth-order valence-corrected chi connectivity index (χ4v) is 0. The van der Waals surface area contributed by atoms with Crippen LogP contribution in [-0.2, 0) is 0 Å². The Kier molecular flexibility index (Phi) is 1.06. The second-order valence-corrected chi connectivity index (χ2v) is 3.98. The number of hydrogen-bond donors (Lipinski definition) is 0. The molecule has 0 aliphatic heterocycles. The Balaban J connectivity index is 3.02. The monoisotopic (exact) mass is 96.0 g/mol. The van der Waals surface area contributed by atoms with Gasteiger partial charge >= 0.3 is 8.74 Å². The van der Waals surface area contributed by atoms with Gasteiger partial charge in [-0.25, -0.2) is 0 Å². The molecular formula is C2H6F2Si. The van der Waals surface area contributed by atoms with Crippen LogP contribution >= 0.6 is 0 Å². The highest BCUT2D eigenvalue weighted by atomic mass is 28.4. The van der Waals surface area contributed by atoms with E-state index in [4.69, 9.17) is 0 Å². The summed E-state index contributed by atoms with van der Waals surface area (Å²) in [6.07, 6.45) is 0. The lowest BCUT2D eigenvalue weighted by molar-refractivity contribution is 0.629. The Labute approximate surface area is 31.2 Å². The van der Waals surface area contributed by atoms with Crippen molar-refractivity contribution in [1.82, 2.24) is 0 Å². The van der Waals surface area contributed by atoms with Gasteiger partial charge in [0.15, 0.2) is 0 Å². The second kappa shape index (κ2) is 1.05. The summed E-state index contributed by atoms with van der Waals surface area (Å²) in [7, 11) is -3.61. The summed E-state index contributed by atoms with van der Waals surface area (Å²) in [6, 6.07) is 0. The molecule has 0 N–H and O–H groups in total. The van der Waals surface area contributed by atoms with Crippen LogP contribution in [-0.4, -0.2) is 8.74 Å². The molecule has 0 nitrogen and oxygen atoms in total. The van der Waals surface area contributed by atoms with Crippen LogP contribution in [0, 0.1) is 0 Å². The first-order valence-electron chi connectivity index (χ1n) is 1.38. The van der Waals surface area contributed by atoms with Crippen molar-refractivity contribution in [3.05, 3.63) is 0 Å². The van der Waals surface area contributed by atoms with Crippen molar-refractivity contribution < 1.29 is 8.22 Å². The Morgan fingerprint density at radius 3 is 1.20 bits per heavy atom. The molecule has 0 spiro atoms. The van der Waals surface area contributed by atoms with E-state index in [-0.39, 0.29) is 0 Å². The Hall–Kier alpha value is 0.0769. The first-order valence-corrected chi connectivity index (χ1v) is 4.13. The highest BCUT2D eigenvalue weighted by Crippen LogP contribution is 2.00. The average molecular weight is 96.2 g/mol. The van der Waals surface area contributed by atoms with E-state index in [0.29, 0.717) is 0 Å². The standard InChI is InChI=1S/C2H6F2Si/c1-5(2,3)4/h1-2H3. The Morgan fingerprint density at radius 2 is 1.20 bits per heavy atom. The van der Waals surface area contributed by atoms with Crippen molar-refractivity contribution in [3.8, 4) is 0 Å². The molecule has 32 valence electrons. The number of rotatable bonds is 0. The van der Waals surface area contributed by atoms with Gasteiger partial charge in [0.2, 0.25) is 0 Å². The minimum absolute atomic E-state index is 0.993. The second-order valence-electron chi connectivity index (χ2n) is 1.33. The fraction of sp³-hybridized carbons (Fsp3) is 1.00. The van der Waals surface area contributed by atoms with E-state index in [9.17, 15) is 8.22 Å². The Bertz CT molecular complexity index is 23.1. The summed E-state index contributed by atoms with van der Waals surface area (Å²) in [5.74, 6) is 0.